The first-order chi connectivity index (χ1) is 14.1. The van der Waals surface area contributed by atoms with Gasteiger partial charge in [-0.2, -0.15) is 13.2 Å². The molecule has 30 heavy (non-hydrogen) atoms. The van der Waals surface area contributed by atoms with Crippen LogP contribution in [0.15, 0.2) is 18.2 Å². The molecule has 0 amide bonds. The fourth-order valence-corrected chi connectivity index (χ4v) is 4.28. The van der Waals surface area contributed by atoms with Crippen molar-refractivity contribution in [2.45, 2.75) is 39.3 Å². The van der Waals surface area contributed by atoms with E-state index in [4.69, 9.17) is 17.3 Å². The lowest BCUT2D eigenvalue weighted by atomic mass is 9.99. The zero-order valence-corrected chi connectivity index (χ0v) is 17.4. The summed E-state index contributed by atoms with van der Waals surface area (Å²) in [6.07, 6.45) is -1.29. The van der Waals surface area contributed by atoms with E-state index in [1.54, 1.807) is 19.1 Å². The fraction of sp³-hybridized carbons (Fsp3) is 0.381. The van der Waals surface area contributed by atoms with E-state index in [9.17, 15) is 13.2 Å². The third kappa shape index (κ3) is 3.76. The number of nitrogens with two attached hydrogens (primary N) is 1. The number of hydrogen-bond donors (Lipinski definition) is 1. The van der Waals surface area contributed by atoms with Crippen molar-refractivity contribution in [2.75, 3.05) is 23.7 Å². The lowest BCUT2D eigenvalue weighted by Crippen LogP contribution is -2.30. The summed E-state index contributed by atoms with van der Waals surface area (Å²) in [6.45, 7) is 4.88. The van der Waals surface area contributed by atoms with Gasteiger partial charge in [-0.25, -0.2) is 15.0 Å². The van der Waals surface area contributed by atoms with Gasteiger partial charge in [0.2, 0.25) is 0 Å². The third-order valence-corrected chi connectivity index (χ3v) is 5.62. The zero-order valence-electron chi connectivity index (χ0n) is 16.6. The van der Waals surface area contributed by atoms with Crippen molar-refractivity contribution in [3.05, 3.63) is 40.2 Å². The lowest BCUT2D eigenvalue weighted by Gasteiger charge is -2.29. The summed E-state index contributed by atoms with van der Waals surface area (Å²) in [5.41, 5.74) is 5.29. The number of hydrogen-bond acceptors (Lipinski definition) is 5. The first-order valence-corrected chi connectivity index (χ1v) is 10.1. The Labute approximate surface area is 177 Å². The van der Waals surface area contributed by atoms with Gasteiger partial charge in [0.1, 0.15) is 17.5 Å². The average molecular weight is 436 g/mol. The van der Waals surface area contributed by atoms with E-state index in [-0.39, 0.29) is 27.7 Å². The number of benzene rings is 1. The molecule has 2 N–H and O–H groups in total. The van der Waals surface area contributed by atoms with Crippen molar-refractivity contribution < 1.29 is 13.2 Å². The molecule has 0 saturated carbocycles. The van der Waals surface area contributed by atoms with Crippen LogP contribution in [0.3, 0.4) is 0 Å². The van der Waals surface area contributed by atoms with Crippen LogP contribution in [-0.4, -0.2) is 28.0 Å². The topological polar surface area (TPSA) is 67.9 Å². The van der Waals surface area contributed by atoms with Gasteiger partial charge in [-0.3, -0.25) is 0 Å². The van der Waals surface area contributed by atoms with Crippen LogP contribution < -0.4 is 10.6 Å². The van der Waals surface area contributed by atoms with Gasteiger partial charge in [0, 0.05) is 24.0 Å². The summed E-state index contributed by atoms with van der Waals surface area (Å²) in [5, 5.41) is 0.863. The van der Waals surface area contributed by atoms with Crippen molar-refractivity contribution in [1.82, 2.24) is 15.0 Å². The van der Waals surface area contributed by atoms with Crippen LogP contribution in [0.4, 0.5) is 24.8 Å². The Morgan fingerprint density at radius 3 is 2.37 bits per heavy atom. The quantitative estimate of drug-likeness (QED) is 0.571. The number of aryl methyl sites for hydroxylation is 2. The molecule has 3 heterocycles. The second kappa shape index (κ2) is 7.58. The maximum Gasteiger partial charge on any atom is 0.418 e. The normalized spacial score (nSPS) is 15.1. The molecule has 1 aliphatic rings. The number of aromatic nitrogens is 3. The maximum absolute atomic E-state index is 13.8. The van der Waals surface area contributed by atoms with E-state index in [0.29, 0.717) is 16.7 Å². The van der Waals surface area contributed by atoms with Gasteiger partial charge in [0.05, 0.1) is 21.8 Å². The monoisotopic (exact) mass is 435 g/mol. The van der Waals surface area contributed by atoms with Gasteiger partial charge in [-0.15, -0.1) is 0 Å². The Hall–Kier alpha value is -2.61. The summed E-state index contributed by atoms with van der Waals surface area (Å²) in [4.78, 5) is 15.2. The summed E-state index contributed by atoms with van der Waals surface area (Å²) in [5.74, 6) is 1.31. The van der Waals surface area contributed by atoms with Crippen LogP contribution >= 0.6 is 11.6 Å². The Morgan fingerprint density at radius 1 is 1.00 bits per heavy atom. The number of pyridine rings is 1. The molecule has 0 unspecified atom stereocenters. The molecule has 1 fully saturated rings. The number of rotatable bonds is 2. The van der Waals surface area contributed by atoms with Crippen LogP contribution in [0, 0.1) is 13.8 Å². The number of anilines is 2. The molecule has 5 nitrogen and oxygen atoms in total. The number of alkyl halides is 3. The third-order valence-electron chi connectivity index (χ3n) is 5.31. The van der Waals surface area contributed by atoms with Gasteiger partial charge in [-0.05, 0) is 56.9 Å². The van der Waals surface area contributed by atoms with Gasteiger partial charge in [0.15, 0.2) is 0 Å². The van der Waals surface area contributed by atoms with E-state index < -0.39 is 11.7 Å². The molecular formula is C21H21ClF3N5. The van der Waals surface area contributed by atoms with Crippen molar-refractivity contribution in [3.63, 3.8) is 0 Å². The number of nitrogens with zero attached hydrogens (tertiary/aromatic N) is 4. The van der Waals surface area contributed by atoms with Crippen LogP contribution in [0.1, 0.15) is 36.2 Å². The van der Waals surface area contributed by atoms with Gasteiger partial charge >= 0.3 is 6.18 Å². The second-order valence-electron chi connectivity index (χ2n) is 7.58. The summed E-state index contributed by atoms with van der Waals surface area (Å²) < 4.78 is 41.4. The maximum atomic E-state index is 13.8. The summed E-state index contributed by atoms with van der Waals surface area (Å²) in [7, 11) is 0. The van der Waals surface area contributed by atoms with Crippen LogP contribution in [0.25, 0.3) is 22.2 Å². The SMILES string of the molecule is Cc1nc(N2CCCCC2)c2cc(Cl)c(-c3nc(N)cc(C)c3C(F)(F)F)cc2n1. The van der Waals surface area contributed by atoms with E-state index in [1.165, 1.54) is 19.4 Å². The van der Waals surface area contributed by atoms with Crippen LogP contribution in [-0.2, 0) is 6.18 Å². The van der Waals surface area contributed by atoms with Crippen molar-refractivity contribution in [3.8, 4) is 11.3 Å². The summed E-state index contributed by atoms with van der Waals surface area (Å²) >= 11 is 6.49. The number of fused-ring (bicyclic) bond motifs is 1. The summed E-state index contributed by atoms with van der Waals surface area (Å²) in [6, 6.07) is 4.40. The highest BCUT2D eigenvalue weighted by atomic mass is 35.5. The number of piperidine rings is 1. The molecule has 0 aliphatic carbocycles. The van der Waals surface area contributed by atoms with E-state index >= 15 is 0 Å². The van der Waals surface area contributed by atoms with E-state index in [1.807, 2.05) is 0 Å². The standard InChI is InChI=1S/C21H21ClF3N5/c1-11-8-17(26)29-19(18(11)21(23,24)25)13-10-16-14(9-15(13)22)20(28-12(2)27-16)30-6-4-3-5-7-30/h8-10H,3-7H2,1-2H3,(H2,26,29). The molecule has 4 rings (SSSR count). The van der Waals surface area contributed by atoms with E-state index in [2.05, 4.69) is 19.9 Å². The minimum Gasteiger partial charge on any atom is -0.384 e. The molecule has 0 spiro atoms. The molecular weight excluding hydrogens is 415 g/mol. The largest absolute Gasteiger partial charge is 0.418 e. The molecule has 1 aromatic carbocycles. The molecule has 9 heteroatoms. The van der Waals surface area contributed by atoms with Crippen LogP contribution in [0.2, 0.25) is 5.02 Å². The first kappa shape index (κ1) is 20.7. The fourth-order valence-electron chi connectivity index (χ4n) is 4.03. The van der Waals surface area contributed by atoms with Gasteiger partial charge in [-0.1, -0.05) is 11.6 Å². The Morgan fingerprint density at radius 2 is 1.70 bits per heavy atom. The van der Waals surface area contributed by atoms with E-state index in [0.717, 1.165) is 31.7 Å². The predicted octanol–water partition coefficient (Wildman–Crippen LogP) is 5.55. The molecule has 1 aliphatic heterocycles. The average Bonchev–Trinajstić information content (AvgIpc) is 2.66. The molecule has 0 radical (unpaired) electrons. The predicted molar refractivity (Wildman–Crippen MR) is 113 cm³/mol. The van der Waals surface area contributed by atoms with Gasteiger partial charge < -0.3 is 10.6 Å². The first-order valence-electron chi connectivity index (χ1n) is 9.72. The molecule has 158 valence electrons. The Balaban J connectivity index is 1.96. The Bertz CT molecular complexity index is 1120. The highest BCUT2D eigenvalue weighted by Gasteiger charge is 2.37. The lowest BCUT2D eigenvalue weighted by molar-refractivity contribution is -0.137. The van der Waals surface area contributed by atoms with Gasteiger partial charge in [0.25, 0.3) is 0 Å². The Kier molecular flexibility index (Phi) is 5.22. The number of nitrogen functional groups attached to an aromatic ring is 1. The van der Waals surface area contributed by atoms with Crippen molar-refractivity contribution >= 4 is 34.1 Å². The minimum atomic E-state index is -4.60. The molecule has 1 saturated heterocycles. The second-order valence-corrected chi connectivity index (χ2v) is 7.98. The number of halogens is 4. The molecule has 0 bridgehead atoms. The highest BCUT2D eigenvalue weighted by Crippen LogP contribution is 2.42. The van der Waals surface area contributed by atoms with Crippen molar-refractivity contribution in [1.29, 1.82) is 0 Å². The minimum absolute atomic E-state index is 0.000428. The van der Waals surface area contributed by atoms with Crippen molar-refractivity contribution in [2.24, 2.45) is 0 Å². The zero-order chi connectivity index (χ0) is 21.6. The molecule has 2 aromatic heterocycles. The highest BCUT2D eigenvalue weighted by molar-refractivity contribution is 6.34. The molecule has 3 aromatic rings. The van der Waals surface area contributed by atoms with Crippen LogP contribution in [0.5, 0.6) is 0 Å². The smallest absolute Gasteiger partial charge is 0.384 e. The molecule has 0 atom stereocenters.